The minimum Gasteiger partial charge on any atom is -0.495 e. The lowest BCUT2D eigenvalue weighted by atomic mass is 10.1. The van der Waals surface area contributed by atoms with E-state index in [2.05, 4.69) is 46.2 Å². The molecule has 0 atom stereocenters. The molecule has 1 aromatic carbocycles. The maximum absolute atomic E-state index is 6.24. The molecule has 0 bridgehead atoms. The van der Waals surface area contributed by atoms with Crippen molar-refractivity contribution in [3.05, 3.63) is 41.9 Å². The molecule has 168 valence electrons. The van der Waals surface area contributed by atoms with Crippen LogP contribution >= 0.6 is 36.2 Å². The fourth-order valence-corrected chi connectivity index (χ4v) is 4.55. The van der Waals surface area contributed by atoms with Gasteiger partial charge in [-0.15, -0.1) is 36.2 Å². The van der Waals surface area contributed by atoms with Crippen LogP contribution in [0.5, 0.6) is 5.75 Å². The van der Waals surface area contributed by atoms with Crippen LogP contribution in [0.25, 0.3) is 26.0 Å². The lowest BCUT2D eigenvalue weighted by Gasteiger charge is -2.09. The van der Waals surface area contributed by atoms with Gasteiger partial charge < -0.3 is 20.1 Å². The Morgan fingerprint density at radius 2 is 1.94 bits per heavy atom. The normalized spacial score (nSPS) is 11.0. The number of rotatable bonds is 7. The summed E-state index contributed by atoms with van der Waals surface area (Å²) < 4.78 is 14.4. The molecule has 0 aliphatic rings. The molecule has 2 N–H and O–H groups in total. The van der Waals surface area contributed by atoms with E-state index in [-0.39, 0.29) is 24.8 Å². The standard InChI is InChI=1S/C21H25N5O2S.2ClH/c1-13-7-14-9-18(29-20(14)17(8-13)27-4)16-10-15(11-28-6-5-25(2)3)26-19(16)21(22)23-12-24-26;;/h7-10,12H,5-6,11H2,1-4H3,(H2,22,23,24);2*1H. The lowest BCUT2D eigenvalue weighted by molar-refractivity contribution is 0.102. The third-order valence-corrected chi connectivity index (χ3v) is 6.00. The van der Waals surface area contributed by atoms with Crippen LogP contribution in [0.2, 0.25) is 0 Å². The number of anilines is 1. The molecule has 7 nitrogen and oxygen atoms in total. The van der Waals surface area contributed by atoms with Gasteiger partial charge in [0, 0.05) is 17.0 Å². The first-order valence-electron chi connectivity index (χ1n) is 9.40. The molecule has 4 rings (SSSR count). The summed E-state index contributed by atoms with van der Waals surface area (Å²) >= 11 is 1.68. The summed E-state index contributed by atoms with van der Waals surface area (Å²) in [6, 6.07) is 8.50. The Kier molecular flexibility index (Phi) is 8.50. The molecule has 0 amide bonds. The van der Waals surface area contributed by atoms with E-state index in [1.54, 1.807) is 18.4 Å². The van der Waals surface area contributed by atoms with Gasteiger partial charge in [-0.3, -0.25) is 0 Å². The molecule has 10 heteroatoms. The van der Waals surface area contributed by atoms with Crippen LogP contribution in [0.3, 0.4) is 0 Å². The largest absolute Gasteiger partial charge is 0.495 e. The molecule has 31 heavy (non-hydrogen) atoms. The van der Waals surface area contributed by atoms with Crippen molar-refractivity contribution in [2.75, 3.05) is 40.1 Å². The predicted molar refractivity (Wildman–Crippen MR) is 132 cm³/mol. The van der Waals surface area contributed by atoms with Crippen LogP contribution in [-0.4, -0.2) is 53.9 Å². The average molecular weight is 484 g/mol. The summed E-state index contributed by atoms with van der Waals surface area (Å²) in [6.45, 7) is 4.04. The SMILES string of the molecule is COc1cc(C)cc2cc(-c3cc(COCCN(C)C)n4ncnc(N)c34)sc12.Cl.Cl. The van der Waals surface area contributed by atoms with Gasteiger partial charge in [0.1, 0.15) is 17.6 Å². The number of benzene rings is 1. The molecule has 0 fully saturated rings. The zero-order valence-corrected chi connectivity index (χ0v) is 20.4. The van der Waals surface area contributed by atoms with Crippen LogP contribution in [-0.2, 0) is 11.3 Å². The molecule has 0 saturated heterocycles. The summed E-state index contributed by atoms with van der Waals surface area (Å²) in [5.74, 6) is 1.34. The van der Waals surface area contributed by atoms with Gasteiger partial charge in [-0.25, -0.2) is 9.50 Å². The zero-order valence-electron chi connectivity index (χ0n) is 17.9. The van der Waals surface area contributed by atoms with Crippen molar-refractivity contribution in [3.63, 3.8) is 0 Å². The number of aryl methyl sites for hydroxylation is 1. The van der Waals surface area contributed by atoms with E-state index in [4.69, 9.17) is 15.2 Å². The van der Waals surface area contributed by atoms with Crippen molar-refractivity contribution in [2.24, 2.45) is 0 Å². The van der Waals surface area contributed by atoms with E-state index >= 15 is 0 Å². The Balaban J connectivity index is 0.00000171. The first kappa shape index (κ1) is 25.2. The Bertz CT molecular complexity index is 1180. The molecule has 0 radical (unpaired) electrons. The number of hydrogen-bond donors (Lipinski definition) is 1. The quantitative estimate of drug-likeness (QED) is 0.391. The molecule has 4 aromatic rings. The number of nitrogen functional groups attached to an aromatic ring is 1. The van der Waals surface area contributed by atoms with Gasteiger partial charge in [0.2, 0.25) is 0 Å². The second-order valence-electron chi connectivity index (χ2n) is 7.31. The summed E-state index contributed by atoms with van der Waals surface area (Å²) in [5.41, 5.74) is 10.2. The van der Waals surface area contributed by atoms with Crippen LogP contribution in [0.15, 0.2) is 30.6 Å². The molecule has 0 spiro atoms. The molecule has 0 aliphatic carbocycles. The average Bonchev–Trinajstić information content (AvgIpc) is 3.26. The van der Waals surface area contributed by atoms with Crippen molar-refractivity contribution in [2.45, 2.75) is 13.5 Å². The number of nitrogens with zero attached hydrogens (tertiary/aromatic N) is 4. The fraction of sp³-hybridized carbons (Fsp3) is 0.333. The number of likely N-dealkylation sites (N-methyl/N-ethyl adjacent to an activating group) is 1. The van der Waals surface area contributed by atoms with Crippen LogP contribution in [0.1, 0.15) is 11.3 Å². The predicted octanol–water partition coefficient (Wildman–Crippen LogP) is 4.43. The summed E-state index contributed by atoms with van der Waals surface area (Å²) in [7, 11) is 5.76. The minimum atomic E-state index is 0. The first-order valence-corrected chi connectivity index (χ1v) is 10.2. The molecule has 3 heterocycles. The monoisotopic (exact) mass is 483 g/mol. The highest BCUT2D eigenvalue weighted by Gasteiger charge is 2.18. The fourth-order valence-electron chi connectivity index (χ4n) is 3.40. The van der Waals surface area contributed by atoms with E-state index < -0.39 is 0 Å². The number of thiophene rings is 1. The number of ether oxygens (including phenoxy) is 2. The summed E-state index contributed by atoms with van der Waals surface area (Å²) in [5, 5.41) is 5.57. The Hall–Kier alpha value is -2.10. The summed E-state index contributed by atoms with van der Waals surface area (Å²) in [6.07, 6.45) is 1.48. The Labute approximate surface area is 198 Å². The van der Waals surface area contributed by atoms with E-state index in [9.17, 15) is 0 Å². The summed E-state index contributed by atoms with van der Waals surface area (Å²) in [4.78, 5) is 7.40. The first-order chi connectivity index (χ1) is 14.0. The molecular formula is C21H27Cl2N5O2S. The van der Waals surface area contributed by atoms with Gasteiger partial charge >= 0.3 is 0 Å². The van der Waals surface area contributed by atoms with Crippen molar-refractivity contribution in [1.82, 2.24) is 19.5 Å². The van der Waals surface area contributed by atoms with Crippen LogP contribution < -0.4 is 10.5 Å². The number of aromatic nitrogens is 3. The van der Waals surface area contributed by atoms with Gasteiger partial charge in [0.25, 0.3) is 0 Å². The molecule has 3 aromatic heterocycles. The van der Waals surface area contributed by atoms with Gasteiger partial charge in [0.05, 0.1) is 30.7 Å². The number of fused-ring (bicyclic) bond motifs is 2. The highest BCUT2D eigenvalue weighted by Crippen LogP contribution is 2.42. The van der Waals surface area contributed by atoms with Crippen molar-refractivity contribution >= 4 is 57.6 Å². The molecule has 0 saturated carbocycles. The van der Waals surface area contributed by atoms with Gasteiger partial charge in [-0.2, -0.15) is 5.10 Å². The molecular weight excluding hydrogens is 457 g/mol. The number of nitrogens with two attached hydrogens (primary N) is 1. The maximum atomic E-state index is 6.24. The highest BCUT2D eigenvalue weighted by molar-refractivity contribution is 7.22. The van der Waals surface area contributed by atoms with Crippen molar-refractivity contribution < 1.29 is 9.47 Å². The van der Waals surface area contributed by atoms with E-state index in [0.717, 1.165) is 44.0 Å². The number of methoxy groups -OCH3 is 1. The van der Waals surface area contributed by atoms with E-state index in [1.807, 2.05) is 18.6 Å². The second kappa shape index (κ2) is 10.5. The smallest absolute Gasteiger partial charge is 0.152 e. The van der Waals surface area contributed by atoms with Crippen molar-refractivity contribution in [1.29, 1.82) is 0 Å². The number of halogens is 2. The van der Waals surface area contributed by atoms with Crippen molar-refractivity contribution in [3.8, 4) is 16.2 Å². The number of hydrogen-bond acceptors (Lipinski definition) is 7. The zero-order chi connectivity index (χ0) is 20.5. The minimum absolute atomic E-state index is 0. The van der Waals surface area contributed by atoms with E-state index in [0.29, 0.717) is 19.0 Å². The lowest BCUT2D eigenvalue weighted by Crippen LogP contribution is -2.18. The Morgan fingerprint density at radius 3 is 2.65 bits per heavy atom. The maximum Gasteiger partial charge on any atom is 0.152 e. The highest BCUT2D eigenvalue weighted by atomic mass is 35.5. The van der Waals surface area contributed by atoms with Gasteiger partial charge in [0.15, 0.2) is 5.82 Å². The van der Waals surface area contributed by atoms with Gasteiger partial charge in [-0.1, -0.05) is 6.07 Å². The second-order valence-corrected chi connectivity index (χ2v) is 8.36. The van der Waals surface area contributed by atoms with Crippen LogP contribution in [0, 0.1) is 6.92 Å². The van der Waals surface area contributed by atoms with Crippen LogP contribution in [0.4, 0.5) is 5.82 Å². The van der Waals surface area contributed by atoms with E-state index in [1.165, 1.54) is 11.9 Å². The van der Waals surface area contributed by atoms with Gasteiger partial charge in [-0.05, 0) is 50.2 Å². The molecule has 0 unspecified atom stereocenters. The Morgan fingerprint density at radius 1 is 1.16 bits per heavy atom. The topological polar surface area (TPSA) is 77.9 Å². The molecule has 0 aliphatic heterocycles. The third kappa shape index (κ3) is 5.05. The third-order valence-electron chi connectivity index (χ3n) is 4.80.